The van der Waals surface area contributed by atoms with Crippen LogP contribution in [0.3, 0.4) is 0 Å². The summed E-state index contributed by atoms with van der Waals surface area (Å²) in [7, 11) is 5.94. The van der Waals surface area contributed by atoms with Gasteiger partial charge in [-0.3, -0.25) is 9.59 Å². The van der Waals surface area contributed by atoms with E-state index in [1.165, 1.54) is 28.4 Å². The maximum absolute atomic E-state index is 14.5. The van der Waals surface area contributed by atoms with Crippen molar-refractivity contribution >= 4 is 11.8 Å². The van der Waals surface area contributed by atoms with Gasteiger partial charge in [-0.2, -0.15) is 0 Å². The van der Waals surface area contributed by atoms with E-state index in [1.54, 1.807) is 158 Å². The maximum atomic E-state index is 14.5. The van der Waals surface area contributed by atoms with Gasteiger partial charge in [0, 0.05) is 22.3 Å². The lowest BCUT2D eigenvalue weighted by atomic mass is 9.76. The third-order valence-corrected chi connectivity index (χ3v) is 9.93. The quantitative estimate of drug-likeness (QED) is 0.0914. The van der Waals surface area contributed by atoms with Crippen molar-refractivity contribution < 1.29 is 38.7 Å². The lowest BCUT2D eigenvalue weighted by molar-refractivity contribution is -0.142. The van der Waals surface area contributed by atoms with Gasteiger partial charge < -0.3 is 39.8 Å². The van der Waals surface area contributed by atoms with Crippen LogP contribution in [-0.4, -0.2) is 50.5 Å². The molecule has 0 heterocycles. The summed E-state index contributed by atoms with van der Waals surface area (Å²) < 4.78 is 23.0. The second-order valence-electron chi connectivity index (χ2n) is 13.0. The molecule has 0 saturated heterocycles. The molecule has 2 amide bonds. The molecule has 0 spiro atoms. The van der Waals surface area contributed by atoms with E-state index in [0.29, 0.717) is 56.4 Å². The molecule has 0 aliphatic carbocycles. The molecular formula is C46H44N2O8. The van der Waals surface area contributed by atoms with Crippen molar-refractivity contribution in [3.63, 3.8) is 0 Å². The van der Waals surface area contributed by atoms with E-state index < -0.39 is 35.1 Å². The van der Waals surface area contributed by atoms with Gasteiger partial charge in [0.25, 0.3) is 0 Å². The number of ether oxygens (including phenoxy) is 4. The van der Waals surface area contributed by atoms with Gasteiger partial charge >= 0.3 is 11.8 Å². The first-order valence-corrected chi connectivity index (χ1v) is 17.9. The Labute approximate surface area is 326 Å². The van der Waals surface area contributed by atoms with E-state index in [-0.39, 0.29) is 0 Å². The Morgan fingerprint density at radius 2 is 0.643 bits per heavy atom. The third kappa shape index (κ3) is 7.40. The standard InChI is InChI=1S/C46H44N2O8/c1-53-37-27-15-11-23-33(37)45(51,34-24-12-16-28-38(34)54-2)41(31-19-7-5-8-20-31)47-43(49)44(50)48-42(32-21-9-6-10-22-32)46(52,35-25-13-17-29-39(35)55-3)36-26-14-18-30-40(36)56-4/h5-30,41-42,51-52H,1-4H3,(H,47,49)(H,48,50). The molecule has 286 valence electrons. The lowest BCUT2D eigenvalue weighted by Crippen LogP contribution is -2.52. The Morgan fingerprint density at radius 3 is 0.893 bits per heavy atom. The molecule has 0 aliphatic rings. The van der Waals surface area contributed by atoms with E-state index in [9.17, 15) is 19.8 Å². The normalized spacial score (nSPS) is 12.5. The number of methoxy groups -OCH3 is 4. The number of amides is 2. The summed E-state index contributed by atoms with van der Waals surface area (Å²) in [4.78, 5) is 29.1. The topological polar surface area (TPSA) is 136 Å². The molecule has 0 aliphatic heterocycles. The Bertz CT molecular complexity index is 2010. The Hall–Kier alpha value is -6.62. The van der Waals surface area contributed by atoms with E-state index in [4.69, 9.17) is 18.9 Å². The highest BCUT2D eigenvalue weighted by molar-refractivity contribution is 6.35. The van der Waals surface area contributed by atoms with Crippen LogP contribution in [0, 0.1) is 0 Å². The van der Waals surface area contributed by atoms with Crippen molar-refractivity contribution in [1.82, 2.24) is 10.6 Å². The van der Waals surface area contributed by atoms with Crippen LogP contribution in [0.5, 0.6) is 23.0 Å². The summed E-state index contributed by atoms with van der Waals surface area (Å²) in [5, 5.41) is 32.2. The van der Waals surface area contributed by atoms with Gasteiger partial charge in [0.15, 0.2) is 0 Å². The summed E-state index contributed by atoms with van der Waals surface area (Å²) in [5.74, 6) is -0.839. The minimum Gasteiger partial charge on any atom is -0.496 e. The van der Waals surface area contributed by atoms with Crippen LogP contribution in [0.2, 0.25) is 0 Å². The molecule has 0 bridgehead atoms. The van der Waals surface area contributed by atoms with Gasteiger partial charge in [-0.25, -0.2) is 0 Å². The first-order chi connectivity index (χ1) is 27.2. The molecule has 6 aromatic carbocycles. The first kappa shape index (κ1) is 39.1. The Kier molecular flexibility index (Phi) is 12.0. The van der Waals surface area contributed by atoms with Gasteiger partial charge in [-0.1, -0.05) is 133 Å². The highest BCUT2D eigenvalue weighted by Crippen LogP contribution is 2.49. The van der Waals surface area contributed by atoms with Crippen LogP contribution in [0.15, 0.2) is 158 Å². The lowest BCUT2D eigenvalue weighted by Gasteiger charge is -2.40. The molecule has 0 aromatic heterocycles. The Balaban J connectivity index is 1.51. The molecule has 6 rings (SSSR count). The number of para-hydroxylation sites is 4. The zero-order valence-electron chi connectivity index (χ0n) is 31.5. The number of nitrogens with one attached hydrogen (secondary N) is 2. The molecule has 6 aromatic rings. The highest BCUT2D eigenvalue weighted by atomic mass is 16.5. The average molecular weight is 753 g/mol. The van der Waals surface area contributed by atoms with Crippen LogP contribution in [0.4, 0.5) is 0 Å². The van der Waals surface area contributed by atoms with E-state index in [2.05, 4.69) is 10.6 Å². The predicted octanol–water partition coefficient (Wildman–Crippen LogP) is 6.61. The molecule has 10 heteroatoms. The molecular weight excluding hydrogens is 709 g/mol. The summed E-state index contributed by atoms with van der Waals surface area (Å²) >= 11 is 0. The minimum atomic E-state index is -2.06. The fourth-order valence-corrected chi connectivity index (χ4v) is 7.29. The number of carbonyl (C=O) groups is 2. The Morgan fingerprint density at radius 1 is 0.411 bits per heavy atom. The molecule has 2 atom stereocenters. The van der Waals surface area contributed by atoms with Crippen LogP contribution < -0.4 is 29.6 Å². The molecule has 0 fully saturated rings. The molecule has 4 N–H and O–H groups in total. The second kappa shape index (κ2) is 17.2. The predicted molar refractivity (Wildman–Crippen MR) is 213 cm³/mol. The third-order valence-electron chi connectivity index (χ3n) is 9.93. The molecule has 0 radical (unpaired) electrons. The van der Waals surface area contributed by atoms with Crippen molar-refractivity contribution in [3.8, 4) is 23.0 Å². The molecule has 10 nitrogen and oxygen atoms in total. The SMILES string of the molecule is COc1ccccc1C(O)(c1ccccc1OC)C(NC(=O)C(=O)NC(c1ccccc1)C(O)(c1ccccc1OC)c1ccccc1OC)c1ccccc1. The van der Waals surface area contributed by atoms with Crippen LogP contribution >= 0.6 is 0 Å². The average Bonchev–Trinajstić information content (AvgIpc) is 3.27. The summed E-state index contributed by atoms with van der Waals surface area (Å²) in [5.41, 5.74) is -1.93. The van der Waals surface area contributed by atoms with Crippen molar-refractivity contribution in [2.45, 2.75) is 23.3 Å². The summed E-state index contributed by atoms with van der Waals surface area (Å²) in [6.45, 7) is 0. The first-order valence-electron chi connectivity index (χ1n) is 17.9. The second-order valence-corrected chi connectivity index (χ2v) is 13.0. The van der Waals surface area contributed by atoms with Crippen LogP contribution in [0.25, 0.3) is 0 Å². The van der Waals surface area contributed by atoms with Crippen molar-refractivity contribution in [3.05, 3.63) is 191 Å². The van der Waals surface area contributed by atoms with Gasteiger partial charge in [0.1, 0.15) is 34.2 Å². The summed E-state index contributed by atoms with van der Waals surface area (Å²) in [6.07, 6.45) is 0. The smallest absolute Gasteiger partial charge is 0.309 e. The maximum Gasteiger partial charge on any atom is 0.309 e. The molecule has 0 saturated carbocycles. The van der Waals surface area contributed by atoms with E-state index in [1.807, 2.05) is 0 Å². The van der Waals surface area contributed by atoms with Gasteiger partial charge in [-0.15, -0.1) is 0 Å². The van der Waals surface area contributed by atoms with Gasteiger partial charge in [0.2, 0.25) is 0 Å². The summed E-state index contributed by atoms with van der Waals surface area (Å²) in [6, 6.07) is 42.7. The van der Waals surface area contributed by atoms with Gasteiger partial charge in [0.05, 0.1) is 40.5 Å². The number of hydrogen-bond acceptors (Lipinski definition) is 8. The van der Waals surface area contributed by atoms with E-state index >= 15 is 0 Å². The highest BCUT2D eigenvalue weighted by Gasteiger charge is 2.49. The largest absolute Gasteiger partial charge is 0.496 e. The fourth-order valence-electron chi connectivity index (χ4n) is 7.29. The van der Waals surface area contributed by atoms with E-state index in [0.717, 1.165) is 0 Å². The van der Waals surface area contributed by atoms with Crippen LogP contribution in [-0.2, 0) is 20.8 Å². The number of rotatable bonds is 14. The number of benzene rings is 6. The minimum absolute atomic E-state index is 0.311. The van der Waals surface area contributed by atoms with Crippen molar-refractivity contribution in [1.29, 1.82) is 0 Å². The number of hydrogen-bond donors (Lipinski definition) is 4. The van der Waals surface area contributed by atoms with Gasteiger partial charge in [-0.05, 0) is 35.4 Å². The number of carbonyl (C=O) groups excluding carboxylic acids is 2. The zero-order valence-corrected chi connectivity index (χ0v) is 31.5. The number of aliphatic hydroxyl groups is 2. The molecule has 56 heavy (non-hydrogen) atoms. The monoisotopic (exact) mass is 752 g/mol. The van der Waals surface area contributed by atoms with Crippen molar-refractivity contribution in [2.75, 3.05) is 28.4 Å². The fraction of sp³-hybridized carbons (Fsp3) is 0.174. The zero-order chi connectivity index (χ0) is 39.7. The molecule has 2 unspecified atom stereocenters. The van der Waals surface area contributed by atoms with Crippen LogP contribution in [0.1, 0.15) is 45.5 Å². The van der Waals surface area contributed by atoms with Crippen molar-refractivity contribution in [2.24, 2.45) is 0 Å².